The summed E-state index contributed by atoms with van der Waals surface area (Å²) in [6.07, 6.45) is 3.05. The molecule has 0 saturated carbocycles. The fourth-order valence-corrected chi connectivity index (χ4v) is 4.16. The van der Waals surface area contributed by atoms with Gasteiger partial charge in [0.25, 0.3) is 11.8 Å². The van der Waals surface area contributed by atoms with Crippen LogP contribution in [0, 0.1) is 0 Å². The number of thioether (sulfide) groups is 1. The van der Waals surface area contributed by atoms with Crippen molar-refractivity contribution in [2.24, 2.45) is 0 Å². The average Bonchev–Trinajstić information content (AvgIpc) is 3.54. The van der Waals surface area contributed by atoms with Crippen LogP contribution >= 0.6 is 11.8 Å². The van der Waals surface area contributed by atoms with E-state index in [0.717, 1.165) is 27.4 Å². The van der Waals surface area contributed by atoms with E-state index in [1.54, 1.807) is 34.8 Å². The smallest absolute Gasteiger partial charge is 0.272 e. The molecule has 2 aromatic heterocycles. The van der Waals surface area contributed by atoms with E-state index >= 15 is 0 Å². The predicted octanol–water partition coefficient (Wildman–Crippen LogP) is 4.12. The van der Waals surface area contributed by atoms with Crippen LogP contribution in [-0.2, 0) is 5.75 Å². The number of nitrogens with one attached hydrogen (secondary N) is 3. The molecule has 0 saturated heterocycles. The minimum absolute atomic E-state index is 0.335. The summed E-state index contributed by atoms with van der Waals surface area (Å²) < 4.78 is 1.60. The lowest BCUT2D eigenvalue weighted by atomic mass is 10.1. The van der Waals surface area contributed by atoms with E-state index in [1.165, 1.54) is 6.20 Å². The van der Waals surface area contributed by atoms with Crippen molar-refractivity contribution in [3.05, 3.63) is 108 Å². The summed E-state index contributed by atoms with van der Waals surface area (Å²) in [5.41, 5.74) is 9.48. The molecule has 3 aromatic carbocycles. The maximum atomic E-state index is 12.4. The van der Waals surface area contributed by atoms with Gasteiger partial charge in [0.15, 0.2) is 5.16 Å². The number of hydrazine groups is 1. The van der Waals surface area contributed by atoms with Crippen LogP contribution < -0.4 is 10.9 Å². The van der Waals surface area contributed by atoms with Crippen molar-refractivity contribution < 1.29 is 9.59 Å². The van der Waals surface area contributed by atoms with Gasteiger partial charge in [-0.05, 0) is 42.0 Å². The first-order valence-corrected chi connectivity index (χ1v) is 11.5. The summed E-state index contributed by atoms with van der Waals surface area (Å²) in [7, 11) is 0. The van der Waals surface area contributed by atoms with Gasteiger partial charge < -0.3 is 4.98 Å². The number of nitrogens with zero attached hydrogens (tertiary/aromatic N) is 3. The van der Waals surface area contributed by atoms with Gasteiger partial charge in [0, 0.05) is 17.5 Å². The molecule has 5 rings (SSSR count). The zero-order chi connectivity index (χ0) is 23.3. The standard InChI is InChI=1S/C25H20N6O2S/c32-23(29-30-24(33)19-14-26-31(15-19)20-6-2-1-3-7-20)18-12-10-17(11-13-18)16-34-25-27-21-8-4-5-9-22(21)28-25/h1-15H,16H2,(H,27,28)(H,29,32)(H,30,33). The Hall–Kier alpha value is -4.37. The van der Waals surface area contributed by atoms with Crippen LogP contribution in [0.25, 0.3) is 16.7 Å². The van der Waals surface area contributed by atoms with Gasteiger partial charge in [-0.3, -0.25) is 20.4 Å². The van der Waals surface area contributed by atoms with Crippen molar-refractivity contribution in [3.63, 3.8) is 0 Å². The first-order valence-electron chi connectivity index (χ1n) is 10.5. The quantitative estimate of drug-likeness (QED) is 0.257. The second kappa shape index (κ2) is 9.63. The maximum Gasteiger partial charge on any atom is 0.272 e. The first kappa shape index (κ1) is 21.5. The number of carbonyl (C=O) groups excluding carboxylic acids is 2. The van der Waals surface area contributed by atoms with Gasteiger partial charge >= 0.3 is 0 Å². The predicted molar refractivity (Wildman–Crippen MR) is 131 cm³/mol. The van der Waals surface area contributed by atoms with E-state index < -0.39 is 11.8 Å². The number of benzene rings is 3. The lowest BCUT2D eigenvalue weighted by Gasteiger charge is -2.07. The zero-order valence-electron chi connectivity index (χ0n) is 17.9. The van der Waals surface area contributed by atoms with Gasteiger partial charge in [0.1, 0.15) is 0 Å². The lowest BCUT2D eigenvalue weighted by Crippen LogP contribution is -2.41. The second-order valence-electron chi connectivity index (χ2n) is 7.46. The van der Waals surface area contributed by atoms with E-state index in [0.29, 0.717) is 16.9 Å². The van der Waals surface area contributed by atoms with Gasteiger partial charge in [-0.1, -0.05) is 54.2 Å². The summed E-state index contributed by atoms with van der Waals surface area (Å²) in [5.74, 6) is -0.140. The summed E-state index contributed by atoms with van der Waals surface area (Å²) in [6.45, 7) is 0. The molecule has 0 aliphatic rings. The topological polar surface area (TPSA) is 105 Å². The molecule has 34 heavy (non-hydrogen) atoms. The fourth-order valence-electron chi connectivity index (χ4n) is 3.32. The monoisotopic (exact) mass is 468 g/mol. The van der Waals surface area contributed by atoms with Crippen LogP contribution in [0.3, 0.4) is 0 Å². The van der Waals surface area contributed by atoms with Crippen molar-refractivity contribution in [2.45, 2.75) is 10.9 Å². The number of para-hydroxylation sites is 3. The SMILES string of the molecule is O=C(NNC(=O)c1cnn(-c2ccccc2)c1)c1ccc(CSc2nc3ccccc3[nH]2)cc1. The number of carbonyl (C=O) groups is 2. The molecule has 0 spiro atoms. The van der Waals surface area contributed by atoms with E-state index in [2.05, 4.69) is 25.9 Å². The summed E-state index contributed by atoms with van der Waals surface area (Å²) in [4.78, 5) is 32.6. The zero-order valence-corrected chi connectivity index (χ0v) is 18.8. The average molecular weight is 469 g/mol. The fraction of sp³-hybridized carbons (Fsp3) is 0.0400. The molecular formula is C25H20N6O2S. The molecule has 0 radical (unpaired) electrons. The molecule has 2 amide bonds. The molecule has 168 valence electrons. The largest absolute Gasteiger partial charge is 0.333 e. The molecular weight excluding hydrogens is 448 g/mol. The third-order valence-corrected chi connectivity index (χ3v) is 6.06. The molecule has 0 bridgehead atoms. The number of imidazole rings is 1. The second-order valence-corrected chi connectivity index (χ2v) is 8.43. The Balaban J connectivity index is 1.14. The minimum atomic E-state index is -0.450. The van der Waals surface area contributed by atoms with Crippen LogP contribution in [0.2, 0.25) is 0 Å². The molecule has 2 heterocycles. The number of H-pyrrole nitrogens is 1. The van der Waals surface area contributed by atoms with Crippen molar-refractivity contribution in [1.82, 2.24) is 30.6 Å². The Morgan fingerprint density at radius 2 is 1.56 bits per heavy atom. The summed E-state index contributed by atoms with van der Waals surface area (Å²) in [6, 6.07) is 24.6. The van der Waals surface area contributed by atoms with Gasteiger partial charge in [-0.25, -0.2) is 9.67 Å². The lowest BCUT2D eigenvalue weighted by molar-refractivity contribution is 0.0846. The molecule has 3 N–H and O–H groups in total. The number of aromatic nitrogens is 4. The Morgan fingerprint density at radius 3 is 2.32 bits per heavy atom. The van der Waals surface area contributed by atoms with Crippen molar-refractivity contribution in [3.8, 4) is 5.69 Å². The number of hydrogen-bond acceptors (Lipinski definition) is 5. The van der Waals surface area contributed by atoms with Crippen molar-refractivity contribution in [2.75, 3.05) is 0 Å². The first-order chi connectivity index (χ1) is 16.7. The van der Waals surface area contributed by atoms with E-state index in [1.807, 2.05) is 66.7 Å². The Bertz CT molecular complexity index is 1410. The number of hydrogen-bond donors (Lipinski definition) is 3. The number of fused-ring (bicyclic) bond motifs is 1. The third kappa shape index (κ3) is 4.84. The molecule has 0 fully saturated rings. The molecule has 9 heteroatoms. The van der Waals surface area contributed by atoms with Crippen molar-refractivity contribution >= 4 is 34.6 Å². The highest BCUT2D eigenvalue weighted by Gasteiger charge is 2.12. The third-order valence-electron chi connectivity index (χ3n) is 5.11. The highest BCUT2D eigenvalue weighted by Crippen LogP contribution is 2.23. The van der Waals surface area contributed by atoms with Gasteiger partial charge in [0.2, 0.25) is 0 Å². The molecule has 0 aliphatic heterocycles. The summed E-state index contributed by atoms with van der Waals surface area (Å²) in [5, 5.41) is 5.04. The van der Waals surface area contributed by atoms with Crippen molar-refractivity contribution in [1.29, 1.82) is 0 Å². The van der Waals surface area contributed by atoms with Crippen LogP contribution in [0.4, 0.5) is 0 Å². The Kier molecular flexibility index (Phi) is 6.09. The number of amides is 2. The Labute approximate surface area is 199 Å². The summed E-state index contributed by atoms with van der Waals surface area (Å²) >= 11 is 1.59. The number of rotatable bonds is 6. The molecule has 0 aliphatic carbocycles. The maximum absolute atomic E-state index is 12.4. The van der Waals surface area contributed by atoms with Gasteiger partial charge in [-0.15, -0.1) is 0 Å². The normalized spacial score (nSPS) is 10.8. The number of aromatic amines is 1. The highest BCUT2D eigenvalue weighted by atomic mass is 32.2. The molecule has 0 unspecified atom stereocenters. The molecule has 8 nitrogen and oxygen atoms in total. The van der Waals surface area contributed by atoms with Gasteiger partial charge in [-0.2, -0.15) is 5.10 Å². The molecule has 5 aromatic rings. The van der Waals surface area contributed by atoms with Crippen LogP contribution in [0.5, 0.6) is 0 Å². The minimum Gasteiger partial charge on any atom is -0.333 e. The van der Waals surface area contributed by atoms with Crippen LogP contribution in [0.1, 0.15) is 26.3 Å². The van der Waals surface area contributed by atoms with Crippen LogP contribution in [-0.4, -0.2) is 31.6 Å². The van der Waals surface area contributed by atoms with E-state index in [9.17, 15) is 9.59 Å². The van der Waals surface area contributed by atoms with E-state index in [4.69, 9.17) is 0 Å². The van der Waals surface area contributed by atoms with Crippen LogP contribution in [0.15, 0.2) is 96.4 Å². The molecule has 0 atom stereocenters. The Morgan fingerprint density at radius 1 is 0.853 bits per heavy atom. The van der Waals surface area contributed by atoms with E-state index in [-0.39, 0.29) is 0 Å². The van der Waals surface area contributed by atoms with Gasteiger partial charge in [0.05, 0.1) is 28.5 Å². The highest BCUT2D eigenvalue weighted by molar-refractivity contribution is 7.98.